The SMILES string of the molecule is CCCN(C)C1CCC(OCC)CC1. The molecule has 0 aliphatic heterocycles. The second kappa shape index (κ2) is 6.41. The Morgan fingerprint density at radius 3 is 2.29 bits per heavy atom. The van der Waals surface area contributed by atoms with Crippen LogP contribution in [0.5, 0.6) is 0 Å². The zero-order valence-corrected chi connectivity index (χ0v) is 9.96. The molecule has 0 unspecified atom stereocenters. The standard InChI is InChI=1S/C12H25NO/c1-4-10-13(3)11-6-8-12(9-7-11)14-5-2/h11-12H,4-10H2,1-3H3. The summed E-state index contributed by atoms with van der Waals surface area (Å²) in [6.07, 6.45) is 6.97. The molecule has 0 spiro atoms. The first kappa shape index (κ1) is 12.0. The third-order valence-corrected chi connectivity index (χ3v) is 3.25. The molecule has 1 fully saturated rings. The number of rotatable bonds is 5. The highest BCUT2D eigenvalue weighted by molar-refractivity contribution is 4.78. The molecule has 0 bridgehead atoms. The minimum absolute atomic E-state index is 0.547. The first-order chi connectivity index (χ1) is 6.77. The maximum Gasteiger partial charge on any atom is 0.0576 e. The van der Waals surface area contributed by atoms with Gasteiger partial charge in [0.1, 0.15) is 0 Å². The topological polar surface area (TPSA) is 12.5 Å². The lowest BCUT2D eigenvalue weighted by molar-refractivity contribution is 0.0173. The lowest BCUT2D eigenvalue weighted by atomic mass is 9.92. The van der Waals surface area contributed by atoms with Crippen LogP contribution in [0.25, 0.3) is 0 Å². The predicted octanol–water partition coefficient (Wildman–Crippen LogP) is 2.68. The van der Waals surface area contributed by atoms with Crippen LogP contribution in [-0.2, 0) is 4.74 Å². The van der Waals surface area contributed by atoms with Crippen LogP contribution in [0.2, 0.25) is 0 Å². The van der Waals surface area contributed by atoms with Gasteiger partial charge in [-0.25, -0.2) is 0 Å². The molecule has 0 heterocycles. The van der Waals surface area contributed by atoms with Gasteiger partial charge in [-0.3, -0.25) is 0 Å². The molecule has 0 aromatic heterocycles. The average Bonchev–Trinajstić information content (AvgIpc) is 2.20. The van der Waals surface area contributed by atoms with Crippen LogP contribution in [-0.4, -0.2) is 37.2 Å². The van der Waals surface area contributed by atoms with Gasteiger partial charge in [-0.05, 0) is 52.6 Å². The highest BCUT2D eigenvalue weighted by atomic mass is 16.5. The molecule has 0 aromatic carbocycles. The summed E-state index contributed by atoms with van der Waals surface area (Å²) in [4.78, 5) is 2.52. The predicted molar refractivity (Wildman–Crippen MR) is 60.6 cm³/mol. The number of hydrogen-bond donors (Lipinski definition) is 0. The number of nitrogens with zero attached hydrogens (tertiary/aromatic N) is 1. The summed E-state index contributed by atoms with van der Waals surface area (Å²) in [6, 6.07) is 0.812. The molecule has 2 nitrogen and oxygen atoms in total. The van der Waals surface area contributed by atoms with Crippen LogP contribution in [0.15, 0.2) is 0 Å². The highest BCUT2D eigenvalue weighted by Crippen LogP contribution is 2.24. The van der Waals surface area contributed by atoms with Gasteiger partial charge in [0.25, 0.3) is 0 Å². The zero-order valence-electron chi connectivity index (χ0n) is 9.96. The number of hydrogen-bond acceptors (Lipinski definition) is 2. The van der Waals surface area contributed by atoms with Crippen molar-refractivity contribution in [2.75, 3.05) is 20.2 Å². The van der Waals surface area contributed by atoms with Crippen molar-refractivity contribution in [1.82, 2.24) is 4.90 Å². The van der Waals surface area contributed by atoms with Crippen molar-refractivity contribution in [3.63, 3.8) is 0 Å². The highest BCUT2D eigenvalue weighted by Gasteiger charge is 2.23. The molecule has 2 heteroatoms. The summed E-state index contributed by atoms with van der Waals surface area (Å²) in [6.45, 7) is 6.46. The Morgan fingerprint density at radius 1 is 1.14 bits per heavy atom. The Balaban J connectivity index is 2.21. The van der Waals surface area contributed by atoms with Gasteiger partial charge in [-0.15, -0.1) is 0 Å². The first-order valence-electron chi connectivity index (χ1n) is 6.09. The molecule has 0 saturated heterocycles. The second-order valence-corrected chi connectivity index (χ2v) is 4.37. The molecule has 1 aliphatic carbocycles. The van der Waals surface area contributed by atoms with Gasteiger partial charge in [0, 0.05) is 12.6 Å². The van der Waals surface area contributed by atoms with Gasteiger partial charge in [0.15, 0.2) is 0 Å². The van der Waals surface area contributed by atoms with Gasteiger partial charge in [0.2, 0.25) is 0 Å². The maximum absolute atomic E-state index is 5.65. The van der Waals surface area contributed by atoms with E-state index in [9.17, 15) is 0 Å². The average molecular weight is 199 g/mol. The fraction of sp³-hybridized carbons (Fsp3) is 1.00. The fourth-order valence-electron chi connectivity index (χ4n) is 2.42. The van der Waals surface area contributed by atoms with Crippen molar-refractivity contribution in [2.24, 2.45) is 0 Å². The molecule has 1 saturated carbocycles. The zero-order chi connectivity index (χ0) is 10.4. The van der Waals surface area contributed by atoms with Crippen LogP contribution in [0.1, 0.15) is 46.0 Å². The summed E-state index contributed by atoms with van der Waals surface area (Å²) in [5.74, 6) is 0. The minimum Gasteiger partial charge on any atom is -0.379 e. The molecule has 1 rings (SSSR count). The van der Waals surface area contributed by atoms with Crippen molar-refractivity contribution in [3.8, 4) is 0 Å². The lowest BCUT2D eigenvalue weighted by Gasteiger charge is -2.34. The quantitative estimate of drug-likeness (QED) is 0.675. The Kier molecular flexibility index (Phi) is 5.49. The molecular weight excluding hydrogens is 174 g/mol. The van der Waals surface area contributed by atoms with E-state index in [1.165, 1.54) is 38.6 Å². The van der Waals surface area contributed by atoms with E-state index in [1.807, 2.05) is 0 Å². The van der Waals surface area contributed by atoms with Crippen LogP contribution < -0.4 is 0 Å². The summed E-state index contributed by atoms with van der Waals surface area (Å²) in [7, 11) is 2.26. The summed E-state index contributed by atoms with van der Waals surface area (Å²) < 4.78 is 5.65. The molecule has 84 valence electrons. The fourth-order valence-corrected chi connectivity index (χ4v) is 2.42. The Morgan fingerprint density at radius 2 is 1.79 bits per heavy atom. The van der Waals surface area contributed by atoms with Crippen molar-refractivity contribution in [1.29, 1.82) is 0 Å². The van der Waals surface area contributed by atoms with Gasteiger partial charge in [-0.1, -0.05) is 6.92 Å². The van der Waals surface area contributed by atoms with Gasteiger partial charge < -0.3 is 9.64 Å². The third-order valence-electron chi connectivity index (χ3n) is 3.25. The lowest BCUT2D eigenvalue weighted by Crippen LogP contribution is -2.37. The van der Waals surface area contributed by atoms with E-state index in [-0.39, 0.29) is 0 Å². The smallest absolute Gasteiger partial charge is 0.0576 e. The Bertz CT molecular complexity index is 141. The molecule has 14 heavy (non-hydrogen) atoms. The van der Waals surface area contributed by atoms with Crippen LogP contribution in [0.3, 0.4) is 0 Å². The van der Waals surface area contributed by atoms with Gasteiger partial charge in [-0.2, -0.15) is 0 Å². The molecule has 0 atom stereocenters. The van der Waals surface area contributed by atoms with E-state index in [2.05, 4.69) is 25.8 Å². The summed E-state index contributed by atoms with van der Waals surface area (Å²) in [5, 5.41) is 0. The van der Waals surface area contributed by atoms with E-state index in [4.69, 9.17) is 4.74 Å². The third kappa shape index (κ3) is 3.58. The molecular formula is C12H25NO. The van der Waals surface area contributed by atoms with Crippen molar-refractivity contribution < 1.29 is 4.74 Å². The number of ether oxygens (including phenoxy) is 1. The molecule has 0 amide bonds. The van der Waals surface area contributed by atoms with Crippen LogP contribution >= 0.6 is 0 Å². The molecule has 0 aromatic rings. The monoisotopic (exact) mass is 199 g/mol. The summed E-state index contributed by atoms with van der Waals surface area (Å²) >= 11 is 0. The van der Waals surface area contributed by atoms with Crippen molar-refractivity contribution in [3.05, 3.63) is 0 Å². The molecule has 1 aliphatic rings. The Hall–Kier alpha value is -0.0800. The van der Waals surface area contributed by atoms with Crippen LogP contribution in [0, 0.1) is 0 Å². The van der Waals surface area contributed by atoms with E-state index < -0.39 is 0 Å². The van der Waals surface area contributed by atoms with E-state index in [0.717, 1.165) is 12.6 Å². The van der Waals surface area contributed by atoms with Crippen molar-refractivity contribution in [2.45, 2.75) is 58.1 Å². The van der Waals surface area contributed by atoms with Gasteiger partial charge >= 0.3 is 0 Å². The van der Waals surface area contributed by atoms with E-state index >= 15 is 0 Å². The van der Waals surface area contributed by atoms with Crippen molar-refractivity contribution >= 4 is 0 Å². The van der Waals surface area contributed by atoms with E-state index in [0.29, 0.717) is 6.10 Å². The Labute approximate surface area is 88.6 Å². The molecule has 0 radical (unpaired) electrons. The minimum atomic E-state index is 0.547. The molecule has 0 N–H and O–H groups in total. The van der Waals surface area contributed by atoms with Crippen LogP contribution in [0.4, 0.5) is 0 Å². The maximum atomic E-state index is 5.65. The van der Waals surface area contributed by atoms with E-state index in [1.54, 1.807) is 0 Å². The first-order valence-corrected chi connectivity index (χ1v) is 6.09. The normalized spacial score (nSPS) is 28.3. The summed E-state index contributed by atoms with van der Waals surface area (Å²) in [5.41, 5.74) is 0. The second-order valence-electron chi connectivity index (χ2n) is 4.37. The largest absolute Gasteiger partial charge is 0.379 e. The van der Waals surface area contributed by atoms with Gasteiger partial charge in [0.05, 0.1) is 6.10 Å².